The highest BCUT2D eigenvalue weighted by Gasteiger charge is 2.14. The monoisotopic (exact) mass is 577 g/mol. The standard InChI is InChI=1S/C26H26Cl3N5O2S/c1-2-35-24-15-19(14-23(29)25(24)36-17-18-9-10-21(27)22(28)13-18)16-30-11-6-12-37-26-31-32-33-34(26)20-7-4-3-5-8-20/h3-5,7-10,13-15,30H,2,6,11-12,16-17H2,1H3. The van der Waals surface area contributed by atoms with Crippen molar-refractivity contribution in [3.8, 4) is 17.2 Å². The molecule has 7 nitrogen and oxygen atoms in total. The summed E-state index contributed by atoms with van der Waals surface area (Å²) in [6, 6.07) is 19.1. The zero-order valence-electron chi connectivity index (χ0n) is 20.2. The maximum Gasteiger partial charge on any atom is 0.214 e. The Balaban J connectivity index is 1.27. The van der Waals surface area contributed by atoms with Crippen LogP contribution in [0.3, 0.4) is 0 Å². The van der Waals surface area contributed by atoms with Crippen molar-refractivity contribution in [2.45, 2.75) is 31.7 Å². The average Bonchev–Trinajstić information content (AvgIpc) is 3.37. The molecule has 0 atom stereocenters. The third kappa shape index (κ3) is 7.75. The summed E-state index contributed by atoms with van der Waals surface area (Å²) in [4.78, 5) is 0. The molecule has 194 valence electrons. The third-order valence-electron chi connectivity index (χ3n) is 5.24. The molecule has 4 rings (SSSR count). The van der Waals surface area contributed by atoms with E-state index in [0.29, 0.717) is 46.3 Å². The third-order valence-corrected chi connectivity index (χ3v) is 7.26. The second-order valence-electron chi connectivity index (χ2n) is 7.96. The number of hydrogen-bond acceptors (Lipinski definition) is 7. The van der Waals surface area contributed by atoms with Crippen LogP contribution < -0.4 is 14.8 Å². The molecule has 0 spiro atoms. The first-order valence-corrected chi connectivity index (χ1v) is 13.9. The maximum atomic E-state index is 6.57. The Bertz CT molecular complexity index is 1310. The summed E-state index contributed by atoms with van der Waals surface area (Å²) in [5.74, 6) is 1.99. The van der Waals surface area contributed by atoms with Crippen LogP contribution in [0.15, 0.2) is 65.8 Å². The van der Waals surface area contributed by atoms with Gasteiger partial charge in [0, 0.05) is 12.3 Å². The van der Waals surface area contributed by atoms with Gasteiger partial charge in [-0.15, -0.1) is 5.10 Å². The molecule has 0 bridgehead atoms. The van der Waals surface area contributed by atoms with Crippen LogP contribution in [0.1, 0.15) is 24.5 Å². The number of aromatic nitrogens is 4. The van der Waals surface area contributed by atoms with E-state index in [4.69, 9.17) is 44.3 Å². The fourth-order valence-electron chi connectivity index (χ4n) is 3.50. The smallest absolute Gasteiger partial charge is 0.214 e. The van der Waals surface area contributed by atoms with Crippen LogP contribution in [-0.4, -0.2) is 39.1 Å². The van der Waals surface area contributed by atoms with Crippen LogP contribution in [0.2, 0.25) is 15.1 Å². The summed E-state index contributed by atoms with van der Waals surface area (Å²) in [5, 5.41) is 17.7. The normalized spacial score (nSPS) is 11.0. The van der Waals surface area contributed by atoms with Crippen LogP contribution in [-0.2, 0) is 13.2 Å². The zero-order valence-corrected chi connectivity index (χ0v) is 23.2. The molecule has 1 N–H and O–H groups in total. The van der Waals surface area contributed by atoms with E-state index >= 15 is 0 Å². The van der Waals surface area contributed by atoms with Crippen molar-refractivity contribution in [1.29, 1.82) is 0 Å². The van der Waals surface area contributed by atoms with Gasteiger partial charge in [0.2, 0.25) is 5.16 Å². The van der Waals surface area contributed by atoms with Crippen molar-refractivity contribution >= 4 is 46.6 Å². The molecule has 0 aliphatic rings. The van der Waals surface area contributed by atoms with E-state index in [1.807, 2.05) is 55.5 Å². The van der Waals surface area contributed by atoms with Gasteiger partial charge >= 0.3 is 0 Å². The van der Waals surface area contributed by atoms with Gasteiger partial charge in [0.15, 0.2) is 11.5 Å². The minimum absolute atomic E-state index is 0.291. The highest BCUT2D eigenvalue weighted by Crippen LogP contribution is 2.37. The number of tetrazole rings is 1. The number of hydrogen-bond donors (Lipinski definition) is 1. The Morgan fingerprint density at radius 1 is 0.919 bits per heavy atom. The lowest BCUT2D eigenvalue weighted by Gasteiger charge is -2.16. The van der Waals surface area contributed by atoms with Gasteiger partial charge in [-0.3, -0.25) is 0 Å². The molecule has 0 aliphatic heterocycles. The van der Waals surface area contributed by atoms with Gasteiger partial charge < -0.3 is 14.8 Å². The molecule has 11 heteroatoms. The molecule has 1 aromatic heterocycles. The number of ether oxygens (including phenoxy) is 2. The van der Waals surface area contributed by atoms with Crippen molar-refractivity contribution in [3.05, 3.63) is 86.9 Å². The molecule has 4 aromatic rings. The fourth-order valence-corrected chi connectivity index (χ4v) is 4.94. The van der Waals surface area contributed by atoms with Crippen LogP contribution in [0.4, 0.5) is 0 Å². The van der Waals surface area contributed by atoms with Gasteiger partial charge in [0.1, 0.15) is 6.61 Å². The summed E-state index contributed by atoms with van der Waals surface area (Å²) in [6.45, 7) is 4.19. The van der Waals surface area contributed by atoms with Gasteiger partial charge in [-0.05, 0) is 77.8 Å². The number of para-hydroxylation sites is 1. The SMILES string of the molecule is CCOc1cc(CNCCCSc2nnnn2-c2ccccc2)cc(Cl)c1OCc1ccc(Cl)c(Cl)c1. The average molecular weight is 579 g/mol. The molecule has 3 aromatic carbocycles. The van der Waals surface area contributed by atoms with Gasteiger partial charge in [0.05, 0.1) is 27.4 Å². The zero-order chi connectivity index (χ0) is 26.0. The topological polar surface area (TPSA) is 74.1 Å². The summed E-state index contributed by atoms with van der Waals surface area (Å²) < 4.78 is 13.6. The lowest BCUT2D eigenvalue weighted by Crippen LogP contribution is -2.15. The van der Waals surface area contributed by atoms with E-state index in [-0.39, 0.29) is 0 Å². The van der Waals surface area contributed by atoms with Crippen molar-refractivity contribution in [1.82, 2.24) is 25.5 Å². The number of thioether (sulfide) groups is 1. The molecule has 0 aliphatic carbocycles. The van der Waals surface area contributed by atoms with Gasteiger partial charge in [-0.1, -0.05) is 70.8 Å². The molecule has 0 fully saturated rings. The molecule has 0 saturated heterocycles. The largest absolute Gasteiger partial charge is 0.490 e. The van der Waals surface area contributed by atoms with Crippen LogP contribution in [0.25, 0.3) is 5.69 Å². The van der Waals surface area contributed by atoms with E-state index in [1.54, 1.807) is 28.6 Å². The minimum Gasteiger partial charge on any atom is -0.490 e. The number of rotatable bonds is 13. The predicted octanol–water partition coefficient (Wildman–Crippen LogP) is 6.87. The van der Waals surface area contributed by atoms with Crippen molar-refractivity contribution in [2.75, 3.05) is 18.9 Å². The number of benzene rings is 3. The van der Waals surface area contributed by atoms with Crippen molar-refractivity contribution in [2.24, 2.45) is 0 Å². The first-order valence-electron chi connectivity index (χ1n) is 11.7. The molecular formula is C26H26Cl3N5O2S. The second-order valence-corrected chi connectivity index (χ2v) is 10.2. The fraction of sp³-hybridized carbons (Fsp3) is 0.269. The van der Waals surface area contributed by atoms with Gasteiger partial charge in [-0.25, -0.2) is 0 Å². The van der Waals surface area contributed by atoms with E-state index in [0.717, 1.165) is 40.7 Å². The molecule has 0 saturated carbocycles. The number of nitrogens with zero attached hydrogens (tertiary/aromatic N) is 4. The second kappa shape index (κ2) is 13.9. The molecule has 0 amide bonds. The number of halogens is 3. The van der Waals surface area contributed by atoms with Crippen molar-refractivity contribution in [3.63, 3.8) is 0 Å². The summed E-state index contributed by atoms with van der Waals surface area (Å²) in [6.07, 6.45) is 0.948. The first-order chi connectivity index (χ1) is 18.0. The lowest BCUT2D eigenvalue weighted by atomic mass is 10.2. The summed E-state index contributed by atoms with van der Waals surface area (Å²) >= 11 is 20.3. The highest BCUT2D eigenvalue weighted by molar-refractivity contribution is 7.99. The first kappa shape index (κ1) is 27.5. The van der Waals surface area contributed by atoms with Crippen LogP contribution in [0, 0.1) is 0 Å². The van der Waals surface area contributed by atoms with E-state index in [2.05, 4.69) is 20.8 Å². The van der Waals surface area contributed by atoms with Gasteiger partial charge in [-0.2, -0.15) is 4.68 Å². The van der Waals surface area contributed by atoms with Gasteiger partial charge in [0.25, 0.3) is 0 Å². The number of nitrogens with one attached hydrogen (secondary N) is 1. The quantitative estimate of drug-likeness (QED) is 0.137. The Labute approximate surface area is 235 Å². The lowest BCUT2D eigenvalue weighted by molar-refractivity contribution is 0.269. The molecular weight excluding hydrogens is 553 g/mol. The predicted molar refractivity (Wildman–Crippen MR) is 150 cm³/mol. The van der Waals surface area contributed by atoms with E-state index in [1.165, 1.54) is 0 Å². The molecule has 37 heavy (non-hydrogen) atoms. The van der Waals surface area contributed by atoms with Crippen LogP contribution in [0.5, 0.6) is 11.5 Å². The molecule has 0 radical (unpaired) electrons. The maximum absolute atomic E-state index is 6.57. The molecule has 0 unspecified atom stereocenters. The Kier molecular flexibility index (Phi) is 10.3. The minimum atomic E-state index is 0.291. The summed E-state index contributed by atoms with van der Waals surface area (Å²) in [5.41, 5.74) is 2.84. The van der Waals surface area contributed by atoms with Crippen molar-refractivity contribution < 1.29 is 9.47 Å². The summed E-state index contributed by atoms with van der Waals surface area (Å²) in [7, 11) is 0. The Morgan fingerprint density at radius 3 is 2.51 bits per heavy atom. The Morgan fingerprint density at radius 2 is 1.73 bits per heavy atom. The Hall–Kier alpha value is -2.49. The highest BCUT2D eigenvalue weighted by atomic mass is 35.5. The van der Waals surface area contributed by atoms with Crippen LogP contribution >= 0.6 is 46.6 Å². The van der Waals surface area contributed by atoms with E-state index in [9.17, 15) is 0 Å². The molecule has 1 heterocycles. The van der Waals surface area contributed by atoms with E-state index < -0.39 is 0 Å².